The van der Waals surface area contributed by atoms with Crippen LogP contribution in [-0.2, 0) is 29.2 Å². The summed E-state index contributed by atoms with van der Waals surface area (Å²) in [6.45, 7) is 1.68. The van der Waals surface area contributed by atoms with Gasteiger partial charge in [-0.1, -0.05) is 12.1 Å². The van der Waals surface area contributed by atoms with Crippen molar-refractivity contribution in [3.63, 3.8) is 0 Å². The zero-order valence-electron chi connectivity index (χ0n) is 23.1. The number of hydrogen-bond donors (Lipinski definition) is 0. The lowest BCUT2D eigenvalue weighted by atomic mass is 10.1. The van der Waals surface area contributed by atoms with E-state index >= 15 is 0 Å². The lowest BCUT2D eigenvalue weighted by Gasteiger charge is -2.21. The van der Waals surface area contributed by atoms with Gasteiger partial charge in [0.05, 0.1) is 49.9 Å². The summed E-state index contributed by atoms with van der Waals surface area (Å²) >= 11 is 0. The summed E-state index contributed by atoms with van der Waals surface area (Å²) in [5, 5.41) is 20.8. The second kappa shape index (κ2) is 11.5. The number of benzene rings is 2. The molecule has 0 amide bonds. The molecule has 0 N–H and O–H groups in total. The van der Waals surface area contributed by atoms with Gasteiger partial charge in [0.2, 0.25) is 0 Å². The van der Waals surface area contributed by atoms with Crippen molar-refractivity contribution in [3.8, 4) is 12.1 Å². The van der Waals surface area contributed by atoms with Crippen molar-refractivity contribution in [2.75, 3.05) is 7.11 Å². The summed E-state index contributed by atoms with van der Waals surface area (Å²) < 4.78 is 13.4. The number of imidazole rings is 2. The molecule has 4 heterocycles. The Balaban J connectivity index is 1.23. The minimum absolute atomic E-state index is 0.188. The fourth-order valence-corrected chi connectivity index (χ4v) is 5.48. The highest BCUT2D eigenvalue weighted by Gasteiger charge is 2.20. The minimum Gasteiger partial charge on any atom is -0.469 e. The molecule has 0 aliphatic carbocycles. The zero-order valence-corrected chi connectivity index (χ0v) is 23.1. The fourth-order valence-electron chi connectivity index (χ4n) is 5.48. The summed E-state index contributed by atoms with van der Waals surface area (Å²) in [7, 11) is 1.40. The Morgan fingerprint density at radius 2 is 1.40 bits per heavy atom. The van der Waals surface area contributed by atoms with Gasteiger partial charge < -0.3 is 23.0 Å². The van der Waals surface area contributed by atoms with Gasteiger partial charge in [0.15, 0.2) is 0 Å². The second-order valence-electron chi connectivity index (χ2n) is 10.2. The van der Waals surface area contributed by atoms with Crippen LogP contribution in [0.2, 0.25) is 0 Å². The molecule has 0 radical (unpaired) electrons. The van der Waals surface area contributed by atoms with E-state index in [1.165, 1.54) is 7.11 Å². The first-order chi connectivity index (χ1) is 20.6. The van der Waals surface area contributed by atoms with Gasteiger partial charge >= 0.3 is 5.97 Å². The maximum atomic E-state index is 12.5. The number of carbonyl (C=O) groups is 1. The van der Waals surface area contributed by atoms with Crippen LogP contribution in [0.25, 0.3) is 21.8 Å². The first kappa shape index (κ1) is 26.6. The van der Waals surface area contributed by atoms with Gasteiger partial charge in [0.25, 0.3) is 0 Å². The van der Waals surface area contributed by atoms with Gasteiger partial charge in [-0.3, -0.25) is 4.79 Å². The van der Waals surface area contributed by atoms with E-state index in [1.54, 1.807) is 12.4 Å². The number of rotatable bonds is 10. The van der Waals surface area contributed by atoms with E-state index in [9.17, 15) is 15.3 Å². The monoisotopic (exact) mass is 556 g/mol. The van der Waals surface area contributed by atoms with Gasteiger partial charge in [-0.2, -0.15) is 10.5 Å². The summed E-state index contributed by atoms with van der Waals surface area (Å²) in [5.74, 6) is 1.40. The predicted octanol–water partition coefficient (Wildman–Crippen LogP) is 5.02. The molecule has 6 rings (SSSR count). The third kappa shape index (κ3) is 5.26. The van der Waals surface area contributed by atoms with Crippen molar-refractivity contribution in [1.29, 1.82) is 10.5 Å². The topological polar surface area (TPSA) is 119 Å². The third-order valence-corrected chi connectivity index (χ3v) is 7.71. The number of nitrogens with zero attached hydrogens (tertiary/aromatic N) is 8. The highest BCUT2D eigenvalue weighted by molar-refractivity contribution is 5.82. The maximum Gasteiger partial charge on any atom is 0.307 e. The lowest BCUT2D eigenvalue weighted by molar-refractivity contribution is -0.141. The molecule has 1 unspecified atom stereocenters. The molecule has 0 aliphatic heterocycles. The highest BCUT2D eigenvalue weighted by Crippen LogP contribution is 2.24. The SMILES string of the molecule is COC(=O)CC(CCn1ccnc1Cn1ccc2ccc(C#N)cc21)n1ccnc1Cn1ccc2ccc(C#N)cc21. The highest BCUT2D eigenvalue weighted by atomic mass is 16.5. The van der Waals surface area contributed by atoms with E-state index < -0.39 is 0 Å². The van der Waals surface area contributed by atoms with Crippen molar-refractivity contribution in [2.45, 2.75) is 38.5 Å². The van der Waals surface area contributed by atoms with Crippen LogP contribution >= 0.6 is 0 Å². The number of fused-ring (bicyclic) bond motifs is 2. The number of methoxy groups -OCH3 is 1. The van der Waals surface area contributed by atoms with Crippen molar-refractivity contribution < 1.29 is 9.53 Å². The van der Waals surface area contributed by atoms with E-state index in [4.69, 9.17) is 4.74 Å². The van der Waals surface area contributed by atoms with Crippen LogP contribution in [0.15, 0.2) is 85.7 Å². The first-order valence-electron chi connectivity index (χ1n) is 13.6. The predicted molar refractivity (Wildman–Crippen MR) is 156 cm³/mol. The molecule has 0 saturated carbocycles. The van der Waals surface area contributed by atoms with Crippen LogP contribution in [0.1, 0.15) is 41.7 Å². The van der Waals surface area contributed by atoms with E-state index in [2.05, 4.69) is 40.4 Å². The molecular formula is C32H28N8O2. The van der Waals surface area contributed by atoms with Gasteiger partial charge in [-0.15, -0.1) is 0 Å². The van der Waals surface area contributed by atoms with Crippen molar-refractivity contribution in [2.24, 2.45) is 0 Å². The normalized spacial score (nSPS) is 11.9. The average molecular weight is 557 g/mol. The molecule has 6 aromatic rings. The maximum absolute atomic E-state index is 12.5. The Morgan fingerprint density at radius 1 is 0.810 bits per heavy atom. The Morgan fingerprint density at radius 3 is 2.02 bits per heavy atom. The van der Waals surface area contributed by atoms with Crippen molar-refractivity contribution >= 4 is 27.8 Å². The van der Waals surface area contributed by atoms with Crippen molar-refractivity contribution in [3.05, 3.63) is 108 Å². The Labute approximate surface area is 242 Å². The number of carbonyl (C=O) groups excluding carboxylic acids is 1. The quantitative estimate of drug-likeness (QED) is 0.219. The van der Waals surface area contributed by atoms with Gasteiger partial charge in [0.1, 0.15) is 11.6 Å². The standard InChI is InChI=1S/C32H28N8O2/c1-42-32(41)18-27(40-15-10-36-31(40)22-39-12-7-26-5-3-24(20-34)17-29(26)39)8-13-37-14-9-35-30(37)21-38-11-6-25-4-2-23(19-33)16-28(25)38/h2-7,9-12,14-17,27H,8,13,18,21-22H2,1H3. The Kier molecular flexibility index (Phi) is 7.27. The molecule has 0 bridgehead atoms. The summed E-state index contributed by atoms with van der Waals surface area (Å²) in [4.78, 5) is 21.7. The van der Waals surface area contributed by atoms with Gasteiger partial charge in [-0.05, 0) is 53.6 Å². The Hall–Kier alpha value is -5.61. The number of aromatic nitrogens is 6. The summed E-state index contributed by atoms with van der Waals surface area (Å²) in [5.41, 5.74) is 3.15. The smallest absolute Gasteiger partial charge is 0.307 e. The van der Waals surface area contributed by atoms with Gasteiger partial charge in [0, 0.05) is 60.8 Å². The molecule has 0 fully saturated rings. The molecule has 208 valence electrons. The molecule has 10 heteroatoms. The number of ether oxygens (including phenoxy) is 1. The molecule has 0 saturated heterocycles. The number of nitriles is 2. The van der Waals surface area contributed by atoms with E-state index in [0.717, 1.165) is 33.5 Å². The largest absolute Gasteiger partial charge is 0.469 e. The number of aryl methyl sites for hydroxylation is 1. The molecular weight excluding hydrogens is 528 g/mol. The molecule has 4 aromatic heterocycles. The molecule has 2 aromatic carbocycles. The molecule has 0 aliphatic rings. The average Bonchev–Trinajstić information content (AvgIpc) is 3.83. The van der Waals surface area contributed by atoms with Crippen LogP contribution in [-0.4, -0.2) is 41.3 Å². The zero-order chi connectivity index (χ0) is 29.1. The van der Waals surface area contributed by atoms with Crippen LogP contribution in [0.5, 0.6) is 0 Å². The van der Waals surface area contributed by atoms with E-state index in [0.29, 0.717) is 37.2 Å². The Bertz CT molecular complexity index is 1980. The van der Waals surface area contributed by atoms with Crippen molar-refractivity contribution in [1.82, 2.24) is 28.2 Å². The summed E-state index contributed by atoms with van der Waals surface area (Å²) in [6.07, 6.45) is 12.2. The lowest BCUT2D eigenvalue weighted by Crippen LogP contribution is -2.20. The van der Waals surface area contributed by atoms with E-state index in [1.807, 2.05) is 73.3 Å². The molecule has 1 atom stereocenters. The number of hydrogen-bond acceptors (Lipinski definition) is 6. The van der Waals surface area contributed by atoms with Crippen LogP contribution < -0.4 is 0 Å². The van der Waals surface area contributed by atoms with Crippen LogP contribution in [0.3, 0.4) is 0 Å². The van der Waals surface area contributed by atoms with Crippen LogP contribution in [0.4, 0.5) is 0 Å². The summed E-state index contributed by atoms with van der Waals surface area (Å²) in [6, 6.07) is 19.6. The number of esters is 1. The second-order valence-corrected chi connectivity index (χ2v) is 10.2. The van der Waals surface area contributed by atoms with Gasteiger partial charge in [-0.25, -0.2) is 9.97 Å². The van der Waals surface area contributed by atoms with E-state index in [-0.39, 0.29) is 18.4 Å². The molecule has 0 spiro atoms. The molecule has 10 nitrogen and oxygen atoms in total. The first-order valence-corrected chi connectivity index (χ1v) is 13.6. The fraction of sp³-hybridized carbons (Fsp3) is 0.219. The third-order valence-electron chi connectivity index (χ3n) is 7.71. The molecule has 42 heavy (non-hydrogen) atoms. The minimum atomic E-state index is -0.289. The van der Waals surface area contributed by atoms with Crippen LogP contribution in [0, 0.1) is 22.7 Å².